The van der Waals surface area contributed by atoms with Crippen molar-refractivity contribution in [2.45, 2.75) is 19.3 Å². The summed E-state index contributed by atoms with van der Waals surface area (Å²) in [5.41, 5.74) is 0. The summed E-state index contributed by atoms with van der Waals surface area (Å²) in [5.74, 6) is 5.05. The van der Waals surface area contributed by atoms with Crippen LogP contribution in [0, 0.1) is 11.8 Å². The van der Waals surface area contributed by atoms with Crippen LogP contribution in [0.2, 0.25) is 0 Å². The van der Waals surface area contributed by atoms with E-state index in [1.807, 2.05) is 7.05 Å². The van der Waals surface area contributed by atoms with E-state index in [1.54, 1.807) is 0 Å². The molecule has 0 amide bonds. The molecule has 1 unspecified atom stereocenters. The van der Waals surface area contributed by atoms with Crippen molar-refractivity contribution >= 4 is 41.7 Å². The maximum absolute atomic E-state index is 5.38. The first kappa shape index (κ1) is 17.4. The molecular weight excluding hydrogens is 373 g/mol. The van der Waals surface area contributed by atoms with Gasteiger partial charge in [0.15, 0.2) is 5.96 Å². The predicted octanol–water partition coefficient (Wildman–Crippen LogP) is 1.95. The SMILES string of the molecule is CN=C(NCC1CCSCC1)NCC1CCOC1.I. The molecular formula is C13H26IN3OS. The molecule has 2 heterocycles. The first-order valence-electron chi connectivity index (χ1n) is 6.98. The summed E-state index contributed by atoms with van der Waals surface area (Å²) in [5, 5.41) is 6.86. The van der Waals surface area contributed by atoms with Gasteiger partial charge in [0.25, 0.3) is 0 Å². The lowest BCUT2D eigenvalue weighted by atomic mass is 10.0. The molecule has 2 saturated heterocycles. The van der Waals surface area contributed by atoms with Crippen LogP contribution in [-0.4, -0.2) is 50.8 Å². The Morgan fingerprint density at radius 3 is 2.42 bits per heavy atom. The molecule has 112 valence electrons. The van der Waals surface area contributed by atoms with Gasteiger partial charge in [-0.1, -0.05) is 0 Å². The smallest absolute Gasteiger partial charge is 0.190 e. The summed E-state index contributed by atoms with van der Waals surface area (Å²) in [6.45, 7) is 3.84. The molecule has 0 saturated carbocycles. The van der Waals surface area contributed by atoms with Gasteiger partial charge in [0.1, 0.15) is 0 Å². The monoisotopic (exact) mass is 399 g/mol. The Hall–Kier alpha value is 0.310. The maximum Gasteiger partial charge on any atom is 0.190 e. The minimum absolute atomic E-state index is 0. The lowest BCUT2D eigenvalue weighted by Crippen LogP contribution is -2.42. The van der Waals surface area contributed by atoms with Crippen LogP contribution in [-0.2, 0) is 4.74 Å². The van der Waals surface area contributed by atoms with E-state index in [9.17, 15) is 0 Å². The number of nitrogens with one attached hydrogen (secondary N) is 2. The third-order valence-corrected chi connectivity index (χ3v) is 4.75. The van der Waals surface area contributed by atoms with Gasteiger partial charge >= 0.3 is 0 Å². The van der Waals surface area contributed by atoms with Crippen molar-refractivity contribution in [1.29, 1.82) is 0 Å². The number of guanidine groups is 1. The van der Waals surface area contributed by atoms with E-state index < -0.39 is 0 Å². The van der Waals surface area contributed by atoms with E-state index in [2.05, 4.69) is 27.4 Å². The van der Waals surface area contributed by atoms with Crippen molar-refractivity contribution in [2.75, 3.05) is 44.9 Å². The number of thioether (sulfide) groups is 1. The third-order valence-electron chi connectivity index (χ3n) is 3.70. The Labute approximate surface area is 137 Å². The van der Waals surface area contributed by atoms with Crippen LogP contribution in [0.3, 0.4) is 0 Å². The second kappa shape index (κ2) is 10.1. The summed E-state index contributed by atoms with van der Waals surface area (Å²) in [4.78, 5) is 4.28. The number of ether oxygens (including phenoxy) is 1. The Morgan fingerprint density at radius 1 is 1.16 bits per heavy atom. The lowest BCUT2D eigenvalue weighted by molar-refractivity contribution is 0.186. The van der Waals surface area contributed by atoms with Gasteiger partial charge in [0.2, 0.25) is 0 Å². The van der Waals surface area contributed by atoms with E-state index >= 15 is 0 Å². The molecule has 0 bridgehead atoms. The average molecular weight is 399 g/mol. The van der Waals surface area contributed by atoms with Crippen LogP contribution in [0.5, 0.6) is 0 Å². The lowest BCUT2D eigenvalue weighted by Gasteiger charge is -2.23. The van der Waals surface area contributed by atoms with Gasteiger partial charge in [0.05, 0.1) is 6.61 Å². The van der Waals surface area contributed by atoms with Crippen molar-refractivity contribution < 1.29 is 4.74 Å². The molecule has 0 radical (unpaired) electrons. The van der Waals surface area contributed by atoms with Crippen LogP contribution >= 0.6 is 35.7 Å². The number of hydrogen-bond donors (Lipinski definition) is 2. The summed E-state index contributed by atoms with van der Waals surface area (Å²) in [7, 11) is 1.84. The first-order valence-corrected chi connectivity index (χ1v) is 8.14. The Kier molecular flexibility index (Phi) is 9.23. The van der Waals surface area contributed by atoms with Gasteiger partial charge in [-0.2, -0.15) is 11.8 Å². The molecule has 0 aromatic carbocycles. The molecule has 4 nitrogen and oxygen atoms in total. The van der Waals surface area contributed by atoms with E-state index in [0.717, 1.165) is 38.2 Å². The molecule has 0 aromatic rings. The molecule has 2 rings (SSSR count). The summed E-state index contributed by atoms with van der Waals surface area (Å²) in [6, 6.07) is 0. The van der Waals surface area contributed by atoms with E-state index in [4.69, 9.17) is 4.74 Å². The average Bonchev–Trinajstić information content (AvgIpc) is 2.93. The number of aliphatic imine (C=N–C) groups is 1. The summed E-state index contributed by atoms with van der Waals surface area (Å²) < 4.78 is 5.38. The van der Waals surface area contributed by atoms with Crippen LogP contribution < -0.4 is 10.6 Å². The zero-order chi connectivity index (χ0) is 12.6. The maximum atomic E-state index is 5.38. The van der Waals surface area contributed by atoms with E-state index in [0.29, 0.717) is 5.92 Å². The number of halogens is 1. The molecule has 0 aromatic heterocycles. The quantitative estimate of drug-likeness (QED) is 0.431. The Morgan fingerprint density at radius 2 is 1.84 bits per heavy atom. The van der Waals surface area contributed by atoms with Gasteiger partial charge in [-0.3, -0.25) is 4.99 Å². The number of rotatable bonds is 4. The van der Waals surface area contributed by atoms with E-state index in [1.165, 1.54) is 30.8 Å². The van der Waals surface area contributed by atoms with Crippen molar-refractivity contribution in [3.05, 3.63) is 0 Å². The normalized spacial score (nSPS) is 24.9. The predicted molar refractivity (Wildman–Crippen MR) is 93.8 cm³/mol. The molecule has 1 atom stereocenters. The van der Waals surface area contributed by atoms with Crippen LogP contribution in [0.4, 0.5) is 0 Å². The minimum Gasteiger partial charge on any atom is -0.381 e. The minimum atomic E-state index is 0. The fourth-order valence-corrected chi connectivity index (χ4v) is 3.60. The first-order chi connectivity index (χ1) is 8.88. The van der Waals surface area contributed by atoms with Crippen LogP contribution in [0.25, 0.3) is 0 Å². The van der Waals surface area contributed by atoms with E-state index in [-0.39, 0.29) is 24.0 Å². The van der Waals surface area contributed by atoms with Gasteiger partial charge in [-0.05, 0) is 36.7 Å². The molecule has 0 spiro atoms. The molecule has 2 aliphatic heterocycles. The second-order valence-corrected chi connectivity index (χ2v) is 6.34. The van der Waals surface area contributed by atoms with Crippen LogP contribution in [0.1, 0.15) is 19.3 Å². The zero-order valence-corrected chi connectivity index (χ0v) is 14.8. The topological polar surface area (TPSA) is 45.7 Å². The molecule has 6 heteroatoms. The molecule has 2 fully saturated rings. The highest BCUT2D eigenvalue weighted by atomic mass is 127. The van der Waals surface area contributed by atoms with Crippen molar-refractivity contribution in [1.82, 2.24) is 10.6 Å². The Balaban J connectivity index is 0.00000180. The second-order valence-electron chi connectivity index (χ2n) is 5.12. The largest absolute Gasteiger partial charge is 0.381 e. The van der Waals surface area contributed by atoms with Gasteiger partial charge < -0.3 is 15.4 Å². The highest BCUT2D eigenvalue weighted by molar-refractivity contribution is 14.0. The van der Waals surface area contributed by atoms with Gasteiger partial charge in [0, 0.05) is 32.7 Å². The molecule has 19 heavy (non-hydrogen) atoms. The molecule has 0 aliphatic carbocycles. The number of hydrogen-bond acceptors (Lipinski definition) is 3. The van der Waals surface area contributed by atoms with Crippen molar-refractivity contribution in [2.24, 2.45) is 16.8 Å². The molecule has 2 N–H and O–H groups in total. The fraction of sp³-hybridized carbons (Fsp3) is 0.923. The van der Waals surface area contributed by atoms with Gasteiger partial charge in [-0.25, -0.2) is 0 Å². The highest BCUT2D eigenvalue weighted by Crippen LogP contribution is 2.21. The van der Waals surface area contributed by atoms with Crippen molar-refractivity contribution in [3.8, 4) is 0 Å². The fourth-order valence-electron chi connectivity index (χ4n) is 2.40. The highest BCUT2D eigenvalue weighted by Gasteiger charge is 2.17. The third kappa shape index (κ3) is 6.53. The summed E-state index contributed by atoms with van der Waals surface area (Å²) >= 11 is 2.08. The van der Waals surface area contributed by atoms with Crippen LogP contribution in [0.15, 0.2) is 4.99 Å². The zero-order valence-electron chi connectivity index (χ0n) is 11.7. The standard InChI is InChI=1S/C13H25N3OS.HI/c1-14-13(16-9-12-2-5-17-10-12)15-8-11-3-6-18-7-4-11;/h11-12H,2-10H2,1H3,(H2,14,15,16);1H. The van der Waals surface area contributed by atoms with Crippen molar-refractivity contribution in [3.63, 3.8) is 0 Å². The molecule has 2 aliphatic rings. The summed E-state index contributed by atoms with van der Waals surface area (Å²) in [6.07, 6.45) is 3.85. The Bertz CT molecular complexity index is 267. The number of nitrogens with zero attached hydrogens (tertiary/aromatic N) is 1. The van der Waals surface area contributed by atoms with Gasteiger partial charge in [-0.15, -0.1) is 24.0 Å².